The second-order valence-electron chi connectivity index (χ2n) is 6.68. The summed E-state index contributed by atoms with van der Waals surface area (Å²) in [6, 6.07) is 12.2. The van der Waals surface area contributed by atoms with Crippen LogP contribution in [0.4, 0.5) is 5.69 Å². The first kappa shape index (κ1) is 22.3. The summed E-state index contributed by atoms with van der Waals surface area (Å²) in [5, 5.41) is 11.5. The summed E-state index contributed by atoms with van der Waals surface area (Å²) in [6.45, 7) is 2.35. The van der Waals surface area contributed by atoms with Crippen molar-refractivity contribution in [2.24, 2.45) is 0 Å². The quantitative estimate of drug-likeness (QED) is 0.471. The number of methoxy groups -OCH3 is 2. The molecule has 0 bridgehead atoms. The highest BCUT2D eigenvalue weighted by atomic mass is 31.2. The molecule has 2 rings (SSSR count). The molecule has 0 aromatic heterocycles. The fraction of sp³-hybridized carbons (Fsp3) is 0.429. The summed E-state index contributed by atoms with van der Waals surface area (Å²) in [4.78, 5) is 1.96. The number of hydrogen-bond donors (Lipinski definition) is 1. The van der Waals surface area contributed by atoms with Gasteiger partial charge < -0.3 is 24.0 Å². The molecular formula is C21H30NO5P. The third-order valence-corrected chi connectivity index (χ3v) is 7.06. The maximum absolute atomic E-state index is 13.9. The lowest BCUT2D eigenvalue weighted by atomic mass is 10.2. The van der Waals surface area contributed by atoms with Gasteiger partial charge in [0.2, 0.25) is 0 Å². The molecule has 0 saturated carbocycles. The molecule has 0 saturated heterocycles. The third kappa shape index (κ3) is 4.88. The second kappa shape index (κ2) is 9.97. The molecule has 6 nitrogen and oxygen atoms in total. The first-order valence-electron chi connectivity index (χ1n) is 9.29. The molecule has 0 fully saturated rings. The van der Waals surface area contributed by atoms with Crippen molar-refractivity contribution < 1.29 is 23.7 Å². The summed E-state index contributed by atoms with van der Waals surface area (Å²) >= 11 is 0. The number of aliphatic hydroxyl groups is 1. The van der Waals surface area contributed by atoms with Crippen LogP contribution in [0.5, 0.6) is 11.5 Å². The fourth-order valence-electron chi connectivity index (χ4n) is 2.80. The van der Waals surface area contributed by atoms with Crippen LogP contribution in [0.15, 0.2) is 42.5 Å². The van der Waals surface area contributed by atoms with E-state index in [-0.39, 0.29) is 0 Å². The lowest BCUT2D eigenvalue weighted by Gasteiger charge is -2.25. The number of rotatable bonds is 10. The maximum Gasteiger partial charge on any atom is 0.264 e. The SMILES string of the molecule is CCCCO[P@](=O)(c1ccc(N(C)C)cc1)[C@H](O)c1ccc(OC)c(OC)c1. The van der Waals surface area contributed by atoms with Gasteiger partial charge in [0.15, 0.2) is 17.3 Å². The predicted octanol–water partition coefficient (Wildman–Crippen LogP) is 4.18. The Labute approximate surface area is 167 Å². The van der Waals surface area contributed by atoms with Crippen LogP contribution in [-0.2, 0) is 9.09 Å². The van der Waals surface area contributed by atoms with Gasteiger partial charge in [-0.2, -0.15) is 0 Å². The Balaban J connectivity index is 2.44. The molecule has 7 heteroatoms. The van der Waals surface area contributed by atoms with Crippen LogP contribution in [0.25, 0.3) is 0 Å². The molecule has 0 heterocycles. The van der Waals surface area contributed by atoms with Crippen molar-refractivity contribution in [3.05, 3.63) is 48.0 Å². The minimum absolute atomic E-state index is 0.313. The van der Waals surface area contributed by atoms with E-state index in [1.165, 1.54) is 7.11 Å². The van der Waals surface area contributed by atoms with Crippen LogP contribution in [-0.4, -0.2) is 40.0 Å². The molecule has 2 atom stereocenters. The smallest absolute Gasteiger partial charge is 0.264 e. The van der Waals surface area contributed by atoms with Gasteiger partial charge in [0, 0.05) is 25.1 Å². The van der Waals surface area contributed by atoms with E-state index in [0.29, 0.717) is 29.0 Å². The Bertz CT molecular complexity index is 807. The molecule has 0 radical (unpaired) electrons. The normalized spacial score (nSPS) is 14.2. The molecule has 28 heavy (non-hydrogen) atoms. The molecule has 0 aliphatic rings. The predicted molar refractivity (Wildman–Crippen MR) is 113 cm³/mol. The Morgan fingerprint density at radius 1 is 1.04 bits per heavy atom. The van der Waals surface area contributed by atoms with Crippen LogP contribution in [0.3, 0.4) is 0 Å². The topological polar surface area (TPSA) is 68.2 Å². The summed E-state index contributed by atoms with van der Waals surface area (Å²) in [7, 11) is 3.35. The van der Waals surface area contributed by atoms with Crippen molar-refractivity contribution in [2.75, 3.05) is 39.8 Å². The standard InChI is InChI=1S/C21H30NO5P/c1-6-7-14-27-28(24,18-11-9-17(10-12-18)22(2)3)21(23)16-8-13-19(25-4)20(15-16)26-5/h8-13,15,21,23H,6-7,14H2,1-5H3/t21-,28+/m0/s1. The van der Waals surface area contributed by atoms with Gasteiger partial charge >= 0.3 is 0 Å². The van der Waals surface area contributed by atoms with Gasteiger partial charge in [-0.05, 0) is 48.4 Å². The van der Waals surface area contributed by atoms with Crippen LogP contribution in [0.1, 0.15) is 31.2 Å². The second-order valence-corrected chi connectivity index (χ2v) is 9.14. The van der Waals surface area contributed by atoms with Crippen molar-refractivity contribution >= 4 is 18.4 Å². The molecule has 0 aliphatic heterocycles. The zero-order chi connectivity index (χ0) is 20.7. The van der Waals surface area contributed by atoms with Gasteiger partial charge in [-0.1, -0.05) is 19.4 Å². The number of aliphatic hydroxyl groups excluding tert-OH is 1. The van der Waals surface area contributed by atoms with E-state index >= 15 is 0 Å². The molecule has 0 unspecified atom stereocenters. The van der Waals surface area contributed by atoms with Crippen molar-refractivity contribution in [3.8, 4) is 11.5 Å². The van der Waals surface area contributed by atoms with Crippen LogP contribution in [0.2, 0.25) is 0 Å². The zero-order valence-corrected chi connectivity index (χ0v) is 18.1. The van der Waals surface area contributed by atoms with E-state index < -0.39 is 13.2 Å². The van der Waals surface area contributed by atoms with Crippen LogP contribution >= 0.6 is 7.37 Å². The summed E-state index contributed by atoms with van der Waals surface area (Å²) in [5.41, 5.74) is 1.43. The first-order valence-corrected chi connectivity index (χ1v) is 11.0. The Morgan fingerprint density at radius 3 is 2.21 bits per heavy atom. The molecule has 0 amide bonds. The number of benzene rings is 2. The van der Waals surface area contributed by atoms with Gasteiger partial charge in [0.05, 0.1) is 20.8 Å². The summed E-state index contributed by atoms with van der Waals surface area (Å²) < 4.78 is 30.2. The molecule has 2 aromatic carbocycles. The van der Waals surface area contributed by atoms with E-state index in [2.05, 4.69) is 0 Å². The van der Waals surface area contributed by atoms with Gasteiger partial charge in [0.1, 0.15) is 0 Å². The van der Waals surface area contributed by atoms with Gasteiger partial charge in [-0.25, -0.2) is 0 Å². The number of ether oxygens (including phenoxy) is 2. The van der Waals surface area contributed by atoms with Gasteiger partial charge in [-0.15, -0.1) is 0 Å². The number of unbranched alkanes of at least 4 members (excludes halogenated alkanes) is 1. The lowest BCUT2D eigenvalue weighted by molar-refractivity contribution is 0.212. The van der Waals surface area contributed by atoms with Crippen molar-refractivity contribution in [2.45, 2.75) is 25.6 Å². The average Bonchev–Trinajstić information content (AvgIpc) is 2.72. The summed E-state index contributed by atoms with van der Waals surface area (Å²) in [6.07, 6.45) is 1.67. The van der Waals surface area contributed by atoms with Crippen LogP contribution in [0, 0.1) is 0 Å². The van der Waals surface area contributed by atoms with Crippen LogP contribution < -0.4 is 19.7 Å². The molecular weight excluding hydrogens is 377 g/mol. The lowest BCUT2D eigenvalue weighted by Crippen LogP contribution is -2.16. The fourth-order valence-corrected chi connectivity index (χ4v) is 4.89. The van der Waals surface area contributed by atoms with Gasteiger partial charge in [0.25, 0.3) is 7.37 Å². The minimum atomic E-state index is -3.58. The highest BCUT2D eigenvalue weighted by Crippen LogP contribution is 2.58. The largest absolute Gasteiger partial charge is 0.493 e. The summed E-state index contributed by atoms with van der Waals surface area (Å²) in [5.74, 6) is -0.313. The zero-order valence-electron chi connectivity index (χ0n) is 17.2. The highest BCUT2D eigenvalue weighted by molar-refractivity contribution is 7.67. The van der Waals surface area contributed by atoms with Crippen molar-refractivity contribution in [1.29, 1.82) is 0 Å². The van der Waals surface area contributed by atoms with E-state index in [9.17, 15) is 9.67 Å². The molecule has 154 valence electrons. The minimum Gasteiger partial charge on any atom is -0.493 e. The highest BCUT2D eigenvalue weighted by Gasteiger charge is 2.36. The molecule has 0 aliphatic carbocycles. The monoisotopic (exact) mass is 407 g/mol. The number of hydrogen-bond acceptors (Lipinski definition) is 6. The Kier molecular flexibility index (Phi) is 7.93. The van der Waals surface area contributed by atoms with E-state index in [1.54, 1.807) is 37.4 Å². The Hall–Kier alpha value is -2.01. The van der Waals surface area contributed by atoms with E-state index in [4.69, 9.17) is 14.0 Å². The first-order chi connectivity index (χ1) is 13.4. The van der Waals surface area contributed by atoms with Crippen molar-refractivity contribution in [3.63, 3.8) is 0 Å². The number of nitrogens with zero attached hydrogens (tertiary/aromatic N) is 1. The Morgan fingerprint density at radius 2 is 1.68 bits per heavy atom. The van der Waals surface area contributed by atoms with Gasteiger partial charge in [-0.3, -0.25) is 4.57 Å². The molecule has 1 N–H and O–H groups in total. The molecule has 0 spiro atoms. The molecule has 2 aromatic rings. The maximum atomic E-state index is 13.9. The average molecular weight is 407 g/mol. The van der Waals surface area contributed by atoms with E-state index in [0.717, 1.165) is 18.5 Å². The van der Waals surface area contributed by atoms with Crippen molar-refractivity contribution in [1.82, 2.24) is 0 Å². The number of anilines is 1. The van der Waals surface area contributed by atoms with E-state index in [1.807, 2.05) is 38.1 Å². The third-order valence-electron chi connectivity index (χ3n) is 4.53.